The summed E-state index contributed by atoms with van der Waals surface area (Å²) in [5.74, 6) is 0. The second-order valence-electron chi connectivity index (χ2n) is 5.85. The van der Waals surface area contributed by atoms with Crippen LogP contribution in [0.3, 0.4) is 0 Å². The topological polar surface area (TPSA) is 36.9 Å². The van der Waals surface area contributed by atoms with E-state index in [-0.39, 0.29) is 6.10 Å². The first-order valence-electron chi connectivity index (χ1n) is 5.82. The van der Waals surface area contributed by atoms with Crippen molar-refractivity contribution in [2.24, 2.45) is 0 Å². The molecule has 0 aromatic heterocycles. The Morgan fingerprint density at radius 2 is 1.35 bits per heavy atom. The second-order valence-corrected chi connectivity index (χ2v) is 17.3. The van der Waals surface area contributed by atoms with Gasteiger partial charge in [0, 0.05) is 12.7 Å². The Kier molecular flexibility index (Phi) is 6.50. The Bertz CT molecular complexity index is 242. The summed E-state index contributed by atoms with van der Waals surface area (Å²) in [5.41, 5.74) is 0. The summed E-state index contributed by atoms with van der Waals surface area (Å²) >= 11 is 0. The fourth-order valence-corrected chi connectivity index (χ4v) is 11.9. The van der Waals surface area contributed by atoms with Gasteiger partial charge in [-0.1, -0.05) is 0 Å². The highest BCUT2D eigenvalue weighted by Gasteiger charge is 2.45. The monoisotopic (exact) mass is 309 g/mol. The van der Waals surface area contributed by atoms with Crippen molar-refractivity contribution in [3.63, 3.8) is 0 Å². The van der Waals surface area contributed by atoms with Gasteiger partial charge in [-0.2, -0.15) is 0 Å². The van der Waals surface area contributed by atoms with E-state index in [1.807, 2.05) is 33.5 Å². The lowest BCUT2D eigenvalue weighted by Crippen LogP contribution is -2.57. The summed E-state index contributed by atoms with van der Waals surface area (Å²) in [6.07, 6.45) is 0.0857. The van der Waals surface area contributed by atoms with E-state index < -0.39 is 25.7 Å². The molecule has 0 fully saturated rings. The van der Waals surface area contributed by atoms with Gasteiger partial charge in [0.15, 0.2) is 8.32 Å². The average Bonchev–Trinajstić information content (AvgIpc) is 1.96. The van der Waals surface area contributed by atoms with Crippen molar-refractivity contribution in [1.29, 1.82) is 0 Å². The lowest BCUT2D eigenvalue weighted by molar-refractivity contribution is 0.118. The van der Waals surface area contributed by atoms with E-state index in [1.165, 1.54) is 0 Å². The third-order valence-corrected chi connectivity index (χ3v) is 11.9. The Balaban J connectivity index is 4.85. The minimum absolute atomic E-state index is 0.0857. The van der Waals surface area contributed by atoms with Gasteiger partial charge in [0.1, 0.15) is 0 Å². The van der Waals surface area contributed by atoms with E-state index in [0.29, 0.717) is 0 Å². The van der Waals surface area contributed by atoms with Crippen LogP contribution in [0.2, 0.25) is 39.3 Å². The number of rotatable bonds is 7. The smallest absolute Gasteiger partial charge is 0.437 e. The van der Waals surface area contributed by atoms with Crippen LogP contribution in [0.15, 0.2) is 0 Å². The molecule has 0 saturated carbocycles. The third kappa shape index (κ3) is 8.43. The maximum absolute atomic E-state index is 6.14. The zero-order valence-electron chi connectivity index (χ0n) is 12.2. The third-order valence-electron chi connectivity index (χ3n) is 1.62. The molecule has 0 spiro atoms. The van der Waals surface area contributed by atoms with Crippen LogP contribution in [0.1, 0.15) is 13.8 Å². The summed E-state index contributed by atoms with van der Waals surface area (Å²) < 4.78 is 23.4. The first kappa shape index (κ1) is 17.7. The Hall–Kier alpha value is 0.708. The molecule has 0 aromatic rings. The van der Waals surface area contributed by atoms with E-state index in [1.54, 1.807) is 0 Å². The summed E-state index contributed by atoms with van der Waals surface area (Å²) in [5, 5.41) is 0. The minimum Gasteiger partial charge on any atom is -0.437 e. The van der Waals surface area contributed by atoms with Gasteiger partial charge in [-0.25, -0.2) is 0 Å². The molecule has 8 heteroatoms. The molecule has 0 aliphatic rings. The second kappa shape index (κ2) is 6.24. The molecule has 0 heterocycles. The van der Waals surface area contributed by atoms with E-state index >= 15 is 0 Å². The highest BCUT2D eigenvalue weighted by atomic mass is 28.5. The fraction of sp³-hybridized carbons (Fsp3) is 1.00. The molecule has 0 aliphatic carbocycles. The number of hydrogen-bond donors (Lipinski definition) is 0. The van der Waals surface area contributed by atoms with Gasteiger partial charge in [-0.3, -0.25) is 0 Å². The molecule has 1 atom stereocenters. The van der Waals surface area contributed by atoms with Crippen LogP contribution < -0.4 is 0 Å². The number of hydrogen-bond acceptors (Lipinski definition) is 4. The Morgan fingerprint density at radius 3 is 1.65 bits per heavy atom. The predicted octanol–water partition coefficient (Wildman–Crippen LogP) is 2.65. The normalized spacial score (nSPS) is 17.3. The molecule has 0 saturated heterocycles. The van der Waals surface area contributed by atoms with Crippen molar-refractivity contribution in [2.75, 3.05) is 0 Å². The van der Waals surface area contributed by atoms with Crippen LogP contribution in [0.5, 0.6) is 0 Å². The van der Waals surface area contributed by atoms with Crippen LogP contribution in [-0.2, 0) is 16.8 Å². The van der Waals surface area contributed by atoms with Crippen molar-refractivity contribution in [2.45, 2.75) is 59.2 Å². The van der Waals surface area contributed by atoms with Crippen molar-refractivity contribution in [1.82, 2.24) is 0 Å². The first-order chi connectivity index (χ1) is 7.39. The molecule has 0 N–H and O–H groups in total. The van der Waals surface area contributed by atoms with E-state index in [9.17, 15) is 0 Å². The maximum Gasteiger partial charge on any atom is 0.478 e. The van der Waals surface area contributed by atoms with Crippen LogP contribution in [0, 0.1) is 0 Å². The zero-order chi connectivity index (χ0) is 13.9. The van der Waals surface area contributed by atoms with Crippen LogP contribution in [0.25, 0.3) is 0 Å². The fourth-order valence-electron chi connectivity index (χ4n) is 1.52. The summed E-state index contributed by atoms with van der Waals surface area (Å²) in [6, 6.07) is 0. The molecule has 17 heavy (non-hydrogen) atoms. The SMILES string of the molecule is CC(C)O[Si](C)(O[Si](C)(C)C)O[Si](C)(C)O[Si]. The quantitative estimate of drug-likeness (QED) is 0.678. The molecular weight excluding hydrogens is 284 g/mol. The molecule has 0 aromatic carbocycles. The largest absolute Gasteiger partial charge is 0.478 e. The van der Waals surface area contributed by atoms with Crippen molar-refractivity contribution < 1.29 is 16.8 Å². The molecule has 101 valence electrons. The van der Waals surface area contributed by atoms with Crippen LogP contribution in [-0.4, -0.2) is 42.3 Å². The summed E-state index contributed by atoms with van der Waals surface area (Å²) in [6.45, 7) is 16.3. The van der Waals surface area contributed by atoms with E-state index in [0.717, 1.165) is 0 Å². The van der Waals surface area contributed by atoms with Gasteiger partial charge in [-0.05, 0) is 46.6 Å². The summed E-state index contributed by atoms with van der Waals surface area (Å²) in [4.78, 5) is 0. The summed E-state index contributed by atoms with van der Waals surface area (Å²) in [7, 11) is -3.50. The lowest BCUT2D eigenvalue weighted by atomic mass is 10.5. The van der Waals surface area contributed by atoms with E-state index in [4.69, 9.17) is 16.8 Å². The van der Waals surface area contributed by atoms with Crippen molar-refractivity contribution in [3.8, 4) is 0 Å². The predicted molar refractivity (Wildman–Crippen MR) is 77.7 cm³/mol. The standard InChI is InChI=1S/C9H25O4Si4/c1-9(2)10-17(8,12-15(3,4)5)13-16(6,7)11-14/h9H,1-8H3. The molecule has 0 bridgehead atoms. The van der Waals surface area contributed by atoms with Crippen LogP contribution >= 0.6 is 0 Å². The molecule has 0 aliphatic heterocycles. The average molecular weight is 310 g/mol. The van der Waals surface area contributed by atoms with Gasteiger partial charge in [0.2, 0.25) is 10.5 Å². The molecule has 3 radical (unpaired) electrons. The highest BCUT2D eigenvalue weighted by molar-refractivity contribution is 6.84. The highest BCUT2D eigenvalue weighted by Crippen LogP contribution is 2.23. The molecular formula is C9H25O4Si4. The van der Waals surface area contributed by atoms with Gasteiger partial charge < -0.3 is 16.8 Å². The van der Waals surface area contributed by atoms with Crippen LogP contribution in [0.4, 0.5) is 0 Å². The van der Waals surface area contributed by atoms with Crippen molar-refractivity contribution in [3.05, 3.63) is 0 Å². The Morgan fingerprint density at radius 1 is 0.882 bits per heavy atom. The molecule has 0 amide bonds. The van der Waals surface area contributed by atoms with E-state index in [2.05, 4.69) is 30.1 Å². The zero-order valence-corrected chi connectivity index (χ0v) is 16.2. The molecule has 0 rings (SSSR count). The Labute approximate surface area is 112 Å². The van der Waals surface area contributed by atoms with Gasteiger partial charge >= 0.3 is 17.4 Å². The lowest BCUT2D eigenvalue weighted by Gasteiger charge is -2.38. The minimum atomic E-state index is -2.64. The van der Waals surface area contributed by atoms with Gasteiger partial charge in [0.05, 0.1) is 0 Å². The first-order valence-corrected chi connectivity index (χ1v) is 14.7. The molecule has 1 unspecified atom stereocenters. The van der Waals surface area contributed by atoms with Gasteiger partial charge in [0.25, 0.3) is 0 Å². The van der Waals surface area contributed by atoms with Crippen molar-refractivity contribution >= 4 is 36.2 Å². The van der Waals surface area contributed by atoms with Gasteiger partial charge in [-0.15, -0.1) is 0 Å². The maximum atomic E-state index is 6.14. The molecule has 4 nitrogen and oxygen atoms in total.